The topological polar surface area (TPSA) is 50.4 Å². The zero-order chi connectivity index (χ0) is 12.1. The molecule has 98 valence electrons. The van der Waals surface area contributed by atoms with Crippen LogP contribution in [-0.2, 0) is 9.53 Å². The Labute approximate surface area is 103 Å². The van der Waals surface area contributed by atoms with Crippen LogP contribution in [0.25, 0.3) is 0 Å². The number of hydrogen-bond acceptors (Lipinski definition) is 3. The maximum atomic E-state index is 11.7. The second-order valence-corrected chi connectivity index (χ2v) is 5.54. The summed E-state index contributed by atoms with van der Waals surface area (Å²) < 4.78 is 5.51. The van der Waals surface area contributed by atoms with E-state index in [-0.39, 0.29) is 11.4 Å². The van der Waals surface area contributed by atoms with E-state index in [1.807, 2.05) is 0 Å². The van der Waals surface area contributed by atoms with Crippen LogP contribution in [-0.4, -0.2) is 37.2 Å². The van der Waals surface area contributed by atoms with Gasteiger partial charge in [0.1, 0.15) is 0 Å². The minimum atomic E-state index is 0.111. The largest absolute Gasteiger partial charge is 0.378 e. The first kappa shape index (κ1) is 12.8. The molecule has 2 unspecified atom stereocenters. The first-order valence-electron chi connectivity index (χ1n) is 6.81. The van der Waals surface area contributed by atoms with Crippen LogP contribution < -0.4 is 10.6 Å². The maximum Gasteiger partial charge on any atom is 0.220 e. The molecular weight excluding hydrogens is 216 g/mol. The van der Waals surface area contributed by atoms with Crippen molar-refractivity contribution in [3.8, 4) is 0 Å². The molecular formula is C13H24N2O2. The predicted octanol–water partition coefficient (Wildman–Crippen LogP) is 1.20. The number of nitrogens with one attached hydrogen (secondary N) is 2. The molecule has 0 aromatic heterocycles. The van der Waals surface area contributed by atoms with Crippen molar-refractivity contribution in [2.24, 2.45) is 0 Å². The van der Waals surface area contributed by atoms with E-state index in [9.17, 15) is 4.79 Å². The van der Waals surface area contributed by atoms with Crippen molar-refractivity contribution in [3.63, 3.8) is 0 Å². The van der Waals surface area contributed by atoms with Crippen molar-refractivity contribution in [2.45, 2.75) is 57.1 Å². The van der Waals surface area contributed by atoms with Gasteiger partial charge >= 0.3 is 0 Å². The highest BCUT2D eigenvalue weighted by Crippen LogP contribution is 2.18. The molecule has 0 saturated carbocycles. The first-order chi connectivity index (χ1) is 8.18. The van der Waals surface area contributed by atoms with Gasteiger partial charge in [-0.3, -0.25) is 4.79 Å². The summed E-state index contributed by atoms with van der Waals surface area (Å²) in [5.74, 6) is 0.162. The van der Waals surface area contributed by atoms with E-state index < -0.39 is 0 Å². The van der Waals surface area contributed by atoms with Crippen LogP contribution in [0.5, 0.6) is 0 Å². The van der Waals surface area contributed by atoms with Crippen molar-refractivity contribution < 1.29 is 9.53 Å². The Morgan fingerprint density at radius 2 is 2.41 bits per heavy atom. The molecule has 4 nitrogen and oxygen atoms in total. The number of ether oxygens (including phenoxy) is 1. The summed E-state index contributed by atoms with van der Waals surface area (Å²) in [6.45, 7) is 4.87. The van der Waals surface area contributed by atoms with E-state index in [1.54, 1.807) is 0 Å². The van der Waals surface area contributed by atoms with Crippen LogP contribution in [0.1, 0.15) is 45.4 Å². The van der Waals surface area contributed by atoms with Crippen molar-refractivity contribution in [3.05, 3.63) is 0 Å². The molecule has 1 amide bonds. The summed E-state index contributed by atoms with van der Waals surface area (Å²) in [4.78, 5) is 11.7. The Morgan fingerprint density at radius 3 is 3.06 bits per heavy atom. The molecule has 2 aliphatic rings. The molecule has 2 rings (SSSR count). The fourth-order valence-electron chi connectivity index (χ4n) is 2.65. The molecule has 0 spiro atoms. The minimum absolute atomic E-state index is 0.111. The van der Waals surface area contributed by atoms with Gasteiger partial charge in [-0.25, -0.2) is 0 Å². The maximum absolute atomic E-state index is 11.7. The highest BCUT2D eigenvalue weighted by molar-refractivity contribution is 5.75. The van der Waals surface area contributed by atoms with Crippen molar-refractivity contribution in [1.82, 2.24) is 10.6 Å². The van der Waals surface area contributed by atoms with Crippen LogP contribution in [0, 0.1) is 0 Å². The standard InChI is InChI=1S/C13H24N2O2/c1-13(7-3-8-15-13)10-14-12(16)6-5-11-4-2-9-17-11/h11,15H,2-10H2,1H3,(H,14,16). The molecule has 4 heteroatoms. The molecule has 2 fully saturated rings. The Hall–Kier alpha value is -0.610. The van der Waals surface area contributed by atoms with E-state index in [0.29, 0.717) is 12.5 Å². The summed E-state index contributed by atoms with van der Waals surface area (Å²) in [5, 5.41) is 6.48. The molecule has 2 aliphatic heterocycles. The molecule has 2 saturated heterocycles. The highest BCUT2D eigenvalue weighted by atomic mass is 16.5. The Balaban J connectivity index is 1.60. The van der Waals surface area contributed by atoms with E-state index in [0.717, 1.165) is 45.4 Å². The summed E-state index contributed by atoms with van der Waals surface area (Å²) in [7, 11) is 0. The Morgan fingerprint density at radius 1 is 1.53 bits per heavy atom. The second kappa shape index (κ2) is 5.83. The van der Waals surface area contributed by atoms with E-state index in [4.69, 9.17) is 4.74 Å². The lowest BCUT2D eigenvalue weighted by atomic mass is 10.0. The number of carbonyl (C=O) groups excluding carboxylic acids is 1. The SMILES string of the molecule is CC1(CNC(=O)CCC2CCCO2)CCCN1. The van der Waals surface area contributed by atoms with Crippen LogP contribution in [0.3, 0.4) is 0 Å². The molecule has 2 atom stereocenters. The average Bonchev–Trinajstić information content (AvgIpc) is 2.95. The second-order valence-electron chi connectivity index (χ2n) is 5.54. The van der Waals surface area contributed by atoms with Gasteiger partial charge in [-0.2, -0.15) is 0 Å². The molecule has 0 aromatic carbocycles. The first-order valence-corrected chi connectivity index (χ1v) is 6.81. The molecule has 17 heavy (non-hydrogen) atoms. The normalized spacial score (nSPS) is 32.9. The van der Waals surface area contributed by atoms with Crippen molar-refractivity contribution in [1.29, 1.82) is 0 Å². The van der Waals surface area contributed by atoms with Crippen LogP contribution >= 0.6 is 0 Å². The van der Waals surface area contributed by atoms with Gasteiger partial charge in [0.2, 0.25) is 5.91 Å². The zero-order valence-electron chi connectivity index (χ0n) is 10.8. The molecule has 0 aromatic rings. The molecule has 0 radical (unpaired) electrons. The fourth-order valence-corrected chi connectivity index (χ4v) is 2.65. The van der Waals surface area contributed by atoms with Gasteiger partial charge in [0.25, 0.3) is 0 Å². The van der Waals surface area contributed by atoms with E-state index in [2.05, 4.69) is 17.6 Å². The van der Waals surface area contributed by atoms with Gasteiger partial charge in [-0.15, -0.1) is 0 Å². The van der Waals surface area contributed by atoms with Crippen LogP contribution in [0.15, 0.2) is 0 Å². The summed E-state index contributed by atoms with van der Waals surface area (Å²) in [6, 6.07) is 0. The fraction of sp³-hybridized carbons (Fsp3) is 0.923. The van der Waals surface area contributed by atoms with Gasteiger partial charge in [0.15, 0.2) is 0 Å². The van der Waals surface area contributed by atoms with Gasteiger partial charge in [0, 0.05) is 25.1 Å². The number of amides is 1. The number of rotatable bonds is 5. The number of hydrogen-bond donors (Lipinski definition) is 2. The van der Waals surface area contributed by atoms with Gasteiger partial charge in [-0.1, -0.05) is 0 Å². The lowest BCUT2D eigenvalue weighted by Crippen LogP contribution is -2.47. The van der Waals surface area contributed by atoms with Gasteiger partial charge in [0.05, 0.1) is 6.10 Å². The summed E-state index contributed by atoms with van der Waals surface area (Å²) >= 11 is 0. The molecule has 0 bridgehead atoms. The third kappa shape index (κ3) is 3.96. The van der Waals surface area contributed by atoms with E-state index >= 15 is 0 Å². The van der Waals surface area contributed by atoms with Crippen LogP contribution in [0.2, 0.25) is 0 Å². The molecule has 2 N–H and O–H groups in total. The Kier molecular flexibility index (Phi) is 4.40. The van der Waals surface area contributed by atoms with E-state index in [1.165, 1.54) is 6.42 Å². The van der Waals surface area contributed by atoms with Gasteiger partial charge in [-0.05, 0) is 45.6 Å². The number of carbonyl (C=O) groups is 1. The monoisotopic (exact) mass is 240 g/mol. The Bertz CT molecular complexity index is 256. The third-order valence-electron chi connectivity index (χ3n) is 3.85. The minimum Gasteiger partial charge on any atom is -0.378 e. The van der Waals surface area contributed by atoms with Gasteiger partial charge < -0.3 is 15.4 Å². The van der Waals surface area contributed by atoms with Crippen LogP contribution in [0.4, 0.5) is 0 Å². The zero-order valence-corrected chi connectivity index (χ0v) is 10.8. The highest BCUT2D eigenvalue weighted by Gasteiger charge is 2.28. The lowest BCUT2D eigenvalue weighted by Gasteiger charge is -2.24. The quantitative estimate of drug-likeness (QED) is 0.759. The average molecular weight is 240 g/mol. The summed E-state index contributed by atoms with van der Waals surface area (Å²) in [5.41, 5.74) is 0.111. The predicted molar refractivity (Wildman–Crippen MR) is 66.9 cm³/mol. The smallest absolute Gasteiger partial charge is 0.220 e. The third-order valence-corrected chi connectivity index (χ3v) is 3.85. The molecule has 0 aliphatic carbocycles. The molecule has 2 heterocycles. The van der Waals surface area contributed by atoms with Crippen molar-refractivity contribution >= 4 is 5.91 Å². The van der Waals surface area contributed by atoms with Crippen molar-refractivity contribution in [2.75, 3.05) is 19.7 Å². The summed E-state index contributed by atoms with van der Waals surface area (Å²) in [6.07, 6.45) is 6.42. The lowest BCUT2D eigenvalue weighted by molar-refractivity contribution is -0.122.